The molecule has 0 aromatic heterocycles. The van der Waals surface area contributed by atoms with Crippen molar-refractivity contribution in [2.75, 3.05) is 20.6 Å². The largest absolute Gasteiger partial charge is 0.306 e. The molecule has 0 atom stereocenters. The van der Waals surface area contributed by atoms with Gasteiger partial charge in [0.25, 0.3) is 0 Å². The normalized spacial score (nSPS) is 10.5. The minimum atomic E-state index is 0.685. The number of likely N-dealkylation sites (N-methyl/N-ethyl adjacent to an activating group) is 1. The predicted octanol–water partition coefficient (Wildman–Crippen LogP) is 2.79. The smallest absolute Gasteiger partial charge is 0.0157 e. The Balaban J connectivity index is 0. The molecule has 0 aromatic carbocycles. The summed E-state index contributed by atoms with van der Waals surface area (Å²) in [5, 5.41) is 0. The lowest BCUT2D eigenvalue weighted by Crippen LogP contribution is -2.10. The van der Waals surface area contributed by atoms with Gasteiger partial charge < -0.3 is 4.90 Å². The van der Waals surface area contributed by atoms with Crippen molar-refractivity contribution in [3.8, 4) is 0 Å². The average molecular weight is 157 g/mol. The molecular weight excluding hydrogens is 134 g/mol. The fraction of sp³-hybridized carbons (Fsp3) is 0.800. The van der Waals surface area contributed by atoms with Gasteiger partial charge in [0.1, 0.15) is 0 Å². The second kappa shape index (κ2) is 9.70. The number of hydrogen-bond donors (Lipinski definition) is 0. The van der Waals surface area contributed by atoms with Crippen molar-refractivity contribution in [3.05, 3.63) is 12.2 Å². The summed E-state index contributed by atoms with van der Waals surface area (Å²) in [6.45, 7) is 9.43. The summed E-state index contributed by atoms with van der Waals surface area (Å²) in [5.41, 5.74) is 0. The van der Waals surface area contributed by atoms with Gasteiger partial charge in [0.2, 0.25) is 0 Å². The zero-order valence-corrected chi connectivity index (χ0v) is 8.89. The summed E-state index contributed by atoms with van der Waals surface area (Å²) < 4.78 is 0. The lowest BCUT2D eigenvalue weighted by molar-refractivity contribution is 0.455. The fourth-order valence-corrected chi connectivity index (χ4v) is 0.544. The predicted molar refractivity (Wildman–Crippen MR) is 53.9 cm³/mol. The van der Waals surface area contributed by atoms with Crippen LogP contribution < -0.4 is 0 Å². The fourth-order valence-electron chi connectivity index (χ4n) is 0.544. The second-order valence-corrected chi connectivity index (χ2v) is 2.93. The molecule has 68 valence electrons. The molecule has 11 heavy (non-hydrogen) atoms. The Bertz CT molecular complexity index is 82.9. The van der Waals surface area contributed by atoms with E-state index in [1.165, 1.54) is 0 Å². The number of rotatable bonds is 3. The lowest BCUT2D eigenvalue weighted by atomic mass is 10.2. The zero-order chi connectivity index (χ0) is 9.28. The third kappa shape index (κ3) is 17.7. The second-order valence-electron chi connectivity index (χ2n) is 2.93. The van der Waals surface area contributed by atoms with Crippen LogP contribution in [-0.2, 0) is 0 Å². The Morgan fingerprint density at radius 3 is 1.91 bits per heavy atom. The molecule has 0 aliphatic rings. The molecule has 0 aliphatic heterocycles. The van der Waals surface area contributed by atoms with Crippen LogP contribution in [0.1, 0.15) is 27.7 Å². The maximum atomic E-state index is 2.22. The van der Waals surface area contributed by atoms with Gasteiger partial charge >= 0.3 is 0 Å². The van der Waals surface area contributed by atoms with Gasteiger partial charge in [-0.2, -0.15) is 0 Å². The third-order valence-corrected chi connectivity index (χ3v) is 0.992. The maximum absolute atomic E-state index is 2.22. The van der Waals surface area contributed by atoms with Crippen molar-refractivity contribution in [3.63, 3.8) is 0 Å². The minimum Gasteiger partial charge on any atom is -0.306 e. The highest BCUT2D eigenvalue weighted by Gasteiger charge is 1.84. The molecule has 0 amide bonds. The summed E-state index contributed by atoms with van der Waals surface area (Å²) in [4.78, 5) is 2.15. The van der Waals surface area contributed by atoms with Crippen molar-refractivity contribution in [2.45, 2.75) is 27.7 Å². The van der Waals surface area contributed by atoms with Gasteiger partial charge in [-0.05, 0) is 20.0 Å². The average Bonchev–Trinajstić information content (AvgIpc) is 1.90. The molecule has 0 saturated carbocycles. The molecule has 0 aliphatic carbocycles. The minimum absolute atomic E-state index is 0.685. The van der Waals surface area contributed by atoms with Gasteiger partial charge in [0.05, 0.1) is 0 Å². The van der Waals surface area contributed by atoms with Crippen LogP contribution in [0.2, 0.25) is 0 Å². The van der Waals surface area contributed by atoms with Crippen molar-refractivity contribution >= 4 is 0 Å². The molecule has 0 spiro atoms. The molecule has 0 fully saturated rings. The molecule has 0 rings (SSSR count). The number of allylic oxidation sites excluding steroid dienone is 1. The van der Waals surface area contributed by atoms with Crippen molar-refractivity contribution in [2.24, 2.45) is 5.92 Å². The van der Waals surface area contributed by atoms with Crippen LogP contribution in [0.25, 0.3) is 0 Å². The lowest BCUT2D eigenvalue weighted by Gasteiger charge is -2.03. The monoisotopic (exact) mass is 157 g/mol. The van der Waals surface area contributed by atoms with E-state index < -0.39 is 0 Å². The summed E-state index contributed by atoms with van der Waals surface area (Å²) >= 11 is 0. The van der Waals surface area contributed by atoms with Crippen LogP contribution in [0, 0.1) is 5.92 Å². The summed E-state index contributed by atoms with van der Waals surface area (Å²) in [5.74, 6) is 0.685. The van der Waals surface area contributed by atoms with Crippen LogP contribution in [0.3, 0.4) is 0 Å². The first kappa shape index (κ1) is 13.3. The summed E-state index contributed by atoms with van der Waals surface area (Å²) in [6, 6.07) is 0. The Kier molecular flexibility index (Phi) is 11.7. The molecule has 1 heteroatoms. The zero-order valence-electron chi connectivity index (χ0n) is 8.89. The Labute approximate surface area is 72.1 Å². The van der Waals surface area contributed by atoms with E-state index in [1.54, 1.807) is 0 Å². The highest BCUT2D eigenvalue weighted by Crippen LogP contribution is 1.92. The van der Waals surface area contributed by atoms with Crippen LogP contribution >= 0.6 is 0 Å². The molecule has 0 unspecified atom stereocenters. The van der Waals surface area contributed by atoms with E-state index in [2.05, 4.69) is 45.0 Å². The van der Waals surface area contributed by atoms with E-state index in [4.69, 9.17) is 0 Å². The molecule has 0 saturated heterocycles. The quantitative estimate of drug-likeness (QED) is 0.569. The van der Waals surface area contributed by atoms with Gasteiger partial charge in [-0.1, -0.05) is 39.8 Å². The van der Waals surface area contributed by atoms with E-state index in [9.17, 15) is 0 Å². The van der Waals surface area contributed by atoms with Gasteiger partial charge in [0, 0.05) is 6.54 Å². The van der Waals surface area contributed by atoms with E-state index in [0.29, 0.717) is 5.92 Å². The van der Waals surface area contributed by atoms with Gasteiger partial charge in [0.15, 0.2) is 0 Å². The first-order valence-corrected chi connectivity index (χ1v) is 4.44. The van der Waals surface area contributed by atoms with Gasteiger partial charge in [-0.15, -0.1) is 0 Å². The summed E-state index contributed by atoms with van der Waals surface area (Å²) in [6.07, 6.45) is 4.42. The highest BCUT2D eigenvalue weighted by atomic mass is 15.0. The first-order chi connectivity index (χ1) is 5.13. The molecule has 0 N–H and O–H groups in total. The Hall–Kier alpha value is -0.300. The topological polar surface area (TPSA) is 3.24 Å². The maximum Gasteiger partial charge on any atom is 0.0157 e. The molecular formula is C10H23N. The van der Waals surface area contributed by atoms with E-state index in [0.717, 1.165) is 6.54 Å². The first-order valence-electron chi connectivity index (χ1n) is 4.44. The molecule has 0 bridgehead atoms. The van der Waals surface area contributed by atoms with Crippen LogP contribution in [0.15, 0.2) is 12.2 Å². The van der Waals surface area contributed by atoms with Gasteiger partial charge in [-0.25, -0.2) is 0 Å². The van der Waals surface area contributed by atoms with Crippen molar-refractivity contribution in [1.82, 2.24) is 4.90 Å². The van der Waals surface area contributed by atoms with Crippen molar-refractivity contribution in [1.29, 1.82) is 0 Å². The SMILES string of the molecule is CC.CC(C)/C=C\CN(C)C. The van der Waals surface area contributed by atoms with Crippen LogP contribution in [0.4, 0.5) is 0 Å². The number of hydrogen-bond acceptors (Lipinski definition) is 1. The van der Waals surface area contributed by atoms with Crippen molar-refractivity contribution < 1.29 is 0 Å². The Morgan fingerprint density at radius 2 is 1.64 bits per heavy atom. The van der Waals surface area contributed by atoms with Crippen LogP contribution in [0.5, 0.6) is 0 Å². The highest BCUT2D eigenvalue weighted by molar-refractivity contribution is 4.85. The molecule has 0 aromatic rings. The Morgan fingerprint density at radius 1 is 1.18 bits per heavy atom. The van der Waals surface area contributed by atoms with E-state index in [-0.39, 0.29) is 0 Å². The van der Waals surface area contributed by atoms with E-state index >= 15 is 0 Å². The molecule has 1 nitrogen and oxygen atoms in total. The summed E-state index contributed by atoms with van der Waals surface area (Å²) in [7, 11) is 4.15. The third-order valence-electron chi connectivity index (χ3n) is 0.992. The standard InChI is InChI=1S/C8H17N.C2H6/c1-8(2)6-5-7-9(3)4;1-2/h5-6,8H,7H2,1-4H3;1-2H3/b6-5-;. The van der Waals surface area contributed by atoms with E-state index in [1.807, 2.05) is 13.8 Å². The number of nitrogens with zero attached hydrogens (tertiary/aromatic N) is 1. The van der Waals surface area contributed by atoms with Crippen LogP contribution in [-0.4, -0.2) is 25.5 Å². The molecule has 0 radical (unpaired) electrons. The molecule has 0 heterocycles. The van der Waals surface area contributed by atoms with Gasteiger partial charge in [-0.3, -0.25) is 0 Å².